The fraction of sp³-hybridized carbons (Fsp3) is 0.316. The number of nitrogens with zero attached hydrogens (tertiary/aromatic N) is 6. The predicted octanol–water partition coefficient (Wildman–Crippen LogP) is 3.28. The van der Waals surface area contributed by atoms with Gasteiger partial charge in [0.1, 0.15) is 12.4 Å². The molecule has 3 rings (SSSR count). The SMILES string of the molecule is CCN(C(=O)c1cc(F)cnc1-n1nccn1)C(C)COc1ncc(C(F)(F)F)cc1F. The molecular formula is C19H17F5N6O2. The van der Waals surface area contributed by atoms with Crippen LogP contribution in [0.3, 0.4) is 0 Å². The molecule has 1 amide bonds. The molecule has 1 unspecified atom stereocenters. The molecule has 0 aliphatic heterocycles. The minimum Gasteiger partial charge on any atom is -0.473 e. The Morgan fingerprint density at radius 3 is 2.44 bits per heavy atom. The van der Waals surface area contributed by atoms with Crippen LogP contribution in [0.5, 0.6) is 5.88 Å². The molecule has 0 aliphatic rings. The van der Waals surface area contributed by atoms with E-state index in [9.17, 15) is 26.7 Å². The number of halogens is 5. The van der Waals surface area contributed by atoms with Gasteiger partial charge in [0.25, 0.3) is 5.91 Å². The van der Waals surface area contributed by atoms with E-state index in [4.69, 9.17) is 4.74 Å². The predicted molar refractivity (Wildman–Crippen MR) is 100.0 cm³/mol. The monoisotopic (exact) mass is 456 g/mol. The summed E-state index contributed by atoms with van der Waals surface area (Å²) in [5.41, 5.74) is -1.37. The van der Waals surface area contributed by atoms with Gasteiger partial charge in [0.2, 0.25) is 5.88 Å². The highest BCUT2D eigenvalue weighted by Gasteiger charge is 2.32. The van der Waals surface area contributed by atoms with Crippen molar-refractivity contribution in [2.45, 2.75) is 26.1 Å². The lowest BCUT2D eigenvalue weighted by Gasteiger charge is -2.28. The molecule has 0 saturated carbocycles. The van der Waals surface area contributed by atoms with Gasteiger partial charge in [0, 0.05) is 12.7 Å². The van der Waals surface area contributed by atoms with Gasteiger partial charge in [-0.15, -0.1) is 4.80 Å². The van der Waals surface area contributed by atoms with Crippen LogP contribution in [0.25, 0.3) is 5.82 Å². The smallest absolute Gasteiger partial charge is 0.417 e. The van der Waals surface area contributed by atoms with Gasteiger partial charge < -0.3 is 9.64 Å². The first-order valence-corrected chi connectivity index (χ1v) is 9.30. The molecule has 0 aliphatic carbocycles. The number of rotatable bonds is 7. The Bertz CT molecular complexity index is 1090. The second kappa shape index (κ2) is 9.24. The quantitative estimate of drug-likeness (QED) is 0.508. The topological polar surface area (TPSA) is 86.0 Å². The summed E-state index contributed by atoms with van der Waals surface area (Å²) in [6.07, 6.45) is -0.659. The van der Waals surface area contributed by atoms with Crippen molar-refractivity contribution >= 4 is 5.91 Å². The molecule has 0 fully saturated rings. The zero-order valence-electron chi connectivity index (χ0n) is 16.8. The highest BCUT2D eigenvalue weighted by molar-refractivity contribution is 5.97. The summed E-state index contributed by atoms with van der Waals surface area (Å²) in [6.45, 7) is 3.10. The molecule has 170 valence electrons. The third-order valence-corrected chi connectivity index (χ3v) is 4.40. The highest BCUT2D eigenvalue weighted by Crippen LogP contribution is 2.30. The lowest BCUT2D eigenvalue weighted by Crippen LogP contribution is -2.42. The zero-order chi connectivity index (χ0) is 23.5. The molecule has 3 heterocycles. The number of carbonyl (C=O) groups is 1. The van der Waals surface area contributed by atoms with E-state index in [0.29, 0.717) is 6.20 Å². The summed E-state index contributed by atoms with van der Waals surface area (Å²) in [5, 5.41) is 7.79. The molecule has 0 spiro atoms. The number of aromatic nitrogens is 5. The molecule has 3 aromatic heterocycles. The Balaban J connectivity index is 1.78. The Morgan fingerprint density at radius 1 is 1.16 bits per heavy atom. The fourth-order valence-corrected chi connectivity index (χ4v) is 2.86. The number of carbonyl (C=O) groups excluding carboxylic acids is 1. The summed E-state index contributed by atoms with van der Waals surface area (Å²) in [7, 11) is 0. The second-order valence-electron chi connectivity index (χ2n) is 6.60. The Hall–Kier alpha value is -3.64. The molecule has 0 radical (unpaired) electrons. The van der Waals surface area contributed by atoms with E-state index < -0.39 is 41.2 Å². The van der Waals surface area contributed by atoms with Crippen molar-refractivity contribution < 1.29 is 31.5 Å². The average Bonchev–Trinajstić information content (AvgIpc) is 3.27. The Labute approximate surface area is 178 Å². The van der Waals surface area contributed by atoms with E-state index in [1.165, 1.54) is 17.3 Å². The molecule has 0 aromatic carbocycles. The Kier molecular flexibility index (Phi) is 6.65. The van der Waals surface area contributed by atoms with Gasteiger partial charge in [0.15, 0.2) is 11.6 Å². The minimum atomic E-state index is -4.74. The lowest BCUT2D eigenvalue weighted by atomic mass is 10.2. The molecule has 13 heteroatoms. The third kappa shape index (κ3) is 4.98. The summed E-state index contributed by atoms with van der Waals surface area (Å²) >= 11 is 0. The first-order valence-electron chi connectivity index (χ1n) is 9.30. The first-order chi connectivity index (χ1) is 15.1. The molecule has 32 heavy (non-hydrogen) atoms. The first kappa shape index (κ1) is 23.0. The van der Waals surface area contributed by atoms with Crippen LogP contribution in [-0.4, -0.2) is 55.0 Å². The van der Waals surface area contributed by atoms with Gasteiger partial charge in [-0.1, -0.05) is 0 Å². The van der Waals surface area contributed by atoms with Crippen molar-refractivity contribution in [2.75, 3.05) is 13.2 Å². The number of hydrogen-bond acceptors (Lipinski definition) is 6. The molecule has 1 atom stereocenters. The van der Waals surface area contributed by atoms with Crippen LogP contribution in [0.4, 0.5) is 22.0 Å². The van der Waals surface area contributed by atoms with Gasteiger partial charge in [0.05, 0.1) is 35.8 Å². The van der Waals surface area contributed by atoms with E-state index in [0.717, 1.165) is 17.1 Å². The summed E-state index contributed by atoms with van der Waals surface area (Å²) < 4.78 is 70.9. The largest absolute Gasteiger partial charge is 0.473 e. The molecule has 0 N–H and O–H groups in total. The number of amides is 1. The van der Waals surface area contributed by atoms with E-state index in [1.807, 2.05) is 0 Å². The maximum Gasteiger partial charge on any atom is 0.417 e. The van der Waals surface area contributed by atoms with E-state index in [1.54, 1.807) is 13.8 Å². The minimum absolute atomic E-state index is 0.00317. The van der Waals surface area contributed by atoms with Gasteiger partial charge >= 0.3 is 6.18 Å². The number of alkyl halides is 3. The normalized spacial score (nSPS) is 12.5. The van der Waals surface area contributed by atoms with Gasteiger partial charge in [-0.05, 0) is 26.0 Å². The molecule has 0 saturated heterocycles. The van der Waals surface area contributed by atoms with Crippen LogP contribution >= 0.6 is 0 Å². The van der Waals surface area contributed by atoms with Crippen molar-refractivity contribution in [3.63, 3.8) is 0 Å². The second-order valence-corrected chi connectivity index (χ2v) is 6.60. The van der Waals surface area contributed by atoms with Crippen LogP contribution in [0.2, 0.25) is 0 Å². The maximum atomic E-state index is 14.0. The summed E-state index contributed by atoms with van der Waals surface area (Å²) in [5.74, 6) is -3.29. The van der Waals surface area contributed by atoms with Crippen LogP contribution in [-0.2, 0) is 6.18 Å². The Morgan fingerprint density at radius 2 is 1.84 bits per heavy atom. The van der Waals surface area contributed by atoms with Gasteiger partial charge in [-0.25, -0.2) is 18.7 Å². The molecule has 3 aromatic rings. The van der Waals surface area contributed by atoms with E-state index in [-0.39, 0.29) is 30.6 Å². The third-order valence-electron chi connectivity index (χ3n) is 4.40. The fourth-order valence-electron chi connectivity index (χ4n) is 2.86. The number of likely N-dealkylation sites (N-methyl/N-ethyl adjacent to an activating group) is 1. The van der Waals surface area contributed by atoms with Crippen molar-refractivity contribution in [3.8, 4) is 11.7 Å². The number of pyridine rings is 2. The number of ether oxygens (including phenoxy) is 1. The zero-order valence-corrected chi connectivity index (χ0v) is 16.8. The number of hydrogen-bond donors (Lipinski definition) is 0. The van der Waals surface area contributed by atoms with Crippen molar-refractivity contribution in [2.24, 2.45) is 0 Å². The maximum absolute atomic E-state index is 14.0. The molecule has 0 bridgehead atoms. The van der Waals surface area contributed by atoms with Gasteiger partial charge in [-0.2, -0.15) is 23.4 Å². The summed E-state index contributed by atoms with van der Waals surface area (Å²) in [4.78, 5) is 22.7. The van der Waals surface area contributed by atoms with Gasteiger partial charge in [-0.3, -0.25) is 4.79 Å². The van der Waals surface area contributed by atoms with Crippen LogP contribution in [0.15, 0.2) is 36.9 Å². The van der Waals surface area contributed by atoms with Crippen LogP contribution in [0.1, 0.15) is 29.8 Å². The molecular weight excluding hydrogens is 439 g/mol. The standard InChI is InChI=1S/C19H17F5N6O2/c1-3-29(11(2)10-32-17-15(21)6-12(8-26-17)19(22,23)24)18(31)14-7-13(20)9-25-16(14)30-27-4-5-28-30/h4-9,11H,3,10H2,1-2H3. The average molecular weight is 456 g/mol. The molecule has 8 nitrogen and oxygen atoms in total. The van der Waals surface area contributed by atoms with E-state index >= 15 is 0 Å². The van der Waals surface area contributed by atoms with E-state index in [2.05, 4.69) is 20.2 Å². The highest BCUT2D eigenvalue weighted by atomic mass is 19.4. The lowest BCUT2D eigenvalue weighted by molar-refractivity contribution is -0.138. The summed E-state index contributed by atoms with van der Waals surface area (Å²) in [6, 6.07) is 0.580. The van der Waals surface area contributed by atoms with Crippen molar-refractivity contribution in [1.82, 2.24) is 29.9 Å². The van der Waals surface area contributed by atoms with Crippen LogP contribution < -0.4 is 4.74 Å². The van der Waals surface area contributed by atoms with Crippen LogP contribution in [0, 0.1) is 11.6 Å². The van der Waals surface area contributed by atoms with Crippen molar-refractivity contribution in [1.29, 1.82) is 0 Å². The van der Waals surface area contributed by atoms with Crippen molar-refractivity contribution in [3.05, 3.63) is 59.7 Å².